The zero-order valence-electron chi connectivity index (χ0n) is 34.3. The van der Waals surface area contributed by atoms with Crippen LogP contribution in [0.25, 0.3) is 0 Å². The second-order valence-corrected chi connectivity index (χ2v) is 13.7. The number of rotatable bonds is 0. The Morgan fingerprint density at radius 2 is 0.413 bits per heavy atom. The summed E-state index contributed by atoms with van der Waals surface area (Å²) in [6, 6.07) is 27.3. The maximum absolute atomic E-state index is 12.6. The average Bonchev–Trinajstić information content (AvgIpc) is 3.13. The van der Waals surface area contributed by atoms with Gasteiger partial charge < -0.3 is 0 Å². The standard InChI is InChI=1S/3C8H8F2.2C8H9F.C8H10.7CH4/c2*1-5-3-7(9)6(2)8(10)4-5;1-5-3-4-6(2)8(10)7(5)9;2*1-6-3-4-7(2)8(9)5-6;1-7-3-5-8(2)6-4-7;;;;;;;/h3*3-4H,1-2H3;2*3-5H,1-2H3;3-6H,1-2H3;7*1H4. The molecule has 0 spiro atoms. The third-order valence-corrected chi connectivity index (χ3v) is 8.19. The van der Waals surface area contributed by atoms with Gasteiger partial charge in [-0.3, -0.25) is 0 Å². The molecule has 0 bridgehead atoms. The quantitative estimate of drug-likeness (QED) is 0.133. The molecule has 6 aromatic rings. The summed E-state index contributed by atoms with van der Waals surface area (Å²) in [5.41, 5.74) is 8.12. The van der Waals surface area contributed by atoms with Gasteiger partial charge in [-0.1, -0.05) is 124 Å². The lowest BCUT2D eigenvalue weighted by Crippen LogP contribution is -1.91. The van der Waals surface area contributed by atoms with Crippen molar-refractivity contribution < 1.29 is 35.1 Å². The molecule has 0 atom stereocenters. The van der Waals surface area contributed by atoms with Crippen LogP contribution in [0.3, 0.4) is 0 Å². The summed E-state index contributed by atoms with van der Waals surface area (Å²) in [4.78, 5) is 0. The maximum atomic E-state index is 12.6. The highest BCUT2D eigenvalue weighted by atomic mass is 19.2. The van der Waals surface area contributed by atoms with Gasteiger partial charge in [-0.2, -0.15) is 0 Å². The van der Waals surface area contributed by atoms with Crippen LogP contribution in [-0.2, 0) is 0 Å². The molecular weight excluding hydrogens is 813 g/mol. The van der Waals surface area contributed by atoms with E-state index in [9.17, 15) is 35.1 Å². The zero-order chi connectivity index (χ0) is 42.9. The third kappa shape index (κ3) is 26.8. The van der Waals surface area contributed by atoms with E-state index in [2.05, 4.69) is 38.1 Å². The van der Waals surface area contributed by atoms with Crippen molar-refractivity contribution in [3.63, 3.8) is 0 Å². The Bertz CT molecular complexity index is 1950. The molecule has 0 aliphatic heterocycles. The smallest absolute Gasteiger partial charge is 0.161 e. The fourth-order valence-corrected chi connectivity index (χ4v) is 4.32. The molecule has 0 saturated carbocycles. The minimum absolute atomic E-state index is 0. The lowest BCUT2D eigenvalue weighted by molar-refractivity contribution is 0.497. The molecule has 63 heavy (non-hydrogen) atoms. The first-order valence-electron chi connectivity index (χ1n) is 17.8. The summed E-state index contributed by atoms with van der Waals surface area (Å²) >= 11 is 0. The van der Waals surface area contributed by atoms with Crippen LogP contribution in [0.2, 0.25) is 0 Å². The summed E-state index contributed by atoms with van der Waals surface area (Å²) in [6.07, 6.45) is 0. The topological polar surface area (TPSA) is 0 Å². The summed E-state index contributed by atoms with van der Waals surface area (Å²) in [7, 11) is 0. The molecule has 0 aliphatic carbocycles. The Balaban J connectivity index is -0.000000117. The zero-order valence-corrected chi connectivity index (χ0v) is 34.3. The molecule has 0 radical (unpaired) electrons. The van der Waals surface area contributed by atoms with Crippen molar-refractivity contribution in [1.82, 2.24) is 0 Å². The Morgan fingerprint density at radius 1 is 0.222 bits per heavy atom. The van der Waals surface area contributed by atoms with Crippen LogP contribution in [0.4, 0.5) is 35.1 Å². The molecule has 0 unspecified atom stereocenters. The highest BCUT2D eigenvalue weighted by molar-refractivity contribution is 5.26. The van der Waals surface area contributed by atoms with Gasteiger partial charge in [0.1, 0.15) is 34.9 Å². The number of halogens is 8. The molecule has 0 heterocycles. The van der Waals surface area contributed by atoms with Gasteiger partial charge >= 0.3 is 0 Å². The van der Waals surface area contributed by atoms with Crippen LogP contribution >= 0.6 is 0 Å². The van der Waals surface area contributed by atoms with E-state index in [4.69, 9.17) is 0 Å². The number of hydrogen-bond acceptors (Lipinski definition) is 0. The fraction of sp³-hybridized carbons (Fsp3) is 0.345. The van der Waals surface area contributed by atoms with Gasteiger partial charge in [-0.25, -0.2) is 35.1 Å². The average molecular weight is 893 g/mol. The van der Waals surface area contributed by atoms with Crippen LogP contribution in [0, 0.1) is 130 Å². The first-order chi connectivity index (χ1) is 26.0. The first kappa shape index (κ1) is 72.2. The van der Waals surface area contributed by atoms with E-state index in [0.29, 0.717) is 33.4 Å². The Labute approximate surface area is 379 Å². The Kier molecular flexibility index (Phi) is 40.4. The van der Waals surface area contributed by atoms with E-state index < -0.39 is 34.9 Å². The minimum atomic E-state index is -0.736. The van der Waals surface area contributed by atoms with Gasteiger partial charge in [0.2, 0.25) is 0 Å². The monoisotopic (exact) mass is 893 g/mol. The molecule has 356 valence electrons. The minimum Gasteiger partial charge on any atom is -0.207 e. The predicted octanol–water partition coefficient (Wildman–Crippen LogP) is 19.4. The molecule has 6 aromatic carbocycles. The summed E-state index contributed by atoms with van der Waals surface area (Å²) < 4.78 is 101. The van der Waals surface area contributed by atoms with E-state index in [1.165, 1.54) is 75.2 Å². The van der Waals surface area contributed by atoms with Crippen LogP contribution in [0.15, 0.2) is 97.1 Å². The molecule has 0 amide bonds. The molecular formula is C55H80F8. The van der Waals surface area contributed by atoms with Crippen molar-refractivity contribution in [3.05, 3.63) is 210 Å². The second-order valence-electron chi connectivity index (χ2n) is 13.7. The summed E-state index contributed by atoms with van der Waals surface area (Å²) in [5.74, 6) is -3.60. The number of hydrogen-bond donors (Lipinski definition) is 0. The maximum Gasteiger partial charge on any atom is 0.161 e. The summed E-state index contributed by atoms with van der Waals surface area (Å²) in [5, 5.41) is 0. The number of benzene rings is 6. The van der Waals surface area contributed by atoms with Crippen molar-refractivity contribution in [2.24, 2.45) is 0 Å². The molecule has 8 heteroatoms. The molecule has 0 aromatic heterocycles. The normalized spacial score (nSPS) is 8.70. The van der Waals surface area contributed by atoms with Crippen molar-refractivity contribution in [1.29, 1.82) is 0 Å². The van der Waals surface area contributed by atoms with Gasteiger partial charge in [0.05, 0.1) is 0 Å². The van der Waals surface area contributed by atoms with Gasteiger partial charge in [0.25, 0.3) is 0 Å². The van der Waals surface area contributed by atoms with E-state index >= 15 is 0 Å². The fourth-order valence-electron chi connectivity index (χ4n) is 4.32. The summed E-state index contributed by atoms with van der Waals surface area (Å²) in [6.45, 7) is 20.7. The molecule has 0 aliphatic rings. The Hall–Kier alpha value is -5.24. The molecule has 0 N–H and O–H groups in total. The molecule has 0 saturated heterocycles. The number of aryl methyl sites for hydroxylation is 10. The van der Waals surface area contributed by atoms with Crippen molar-refractivity contribution in [3.8, 4) is 0 Å². The first-order valence-corrected chi connectivity index (χ1v) is 17.8. The van der Waals surface area contributed by atoms with Crippen molar-refractivity contribution >= 4 is 0 Å². The highest BCUT2D eigenvalue weighted by Crippen LogP contribution is 2.15. The lowest BCUT2D eigenvalue weighted by atomic mass is 10.1. The van der Waals surface area contributed by atoms with Crippen molar-refractivity contribution in [2.75, 3.05) is 0 Å². The third-order valence-electron chi connectivity index (χ3n) is 8.19. The predicted molar refractivity (Wildman–Crippen MR) is 262 cm³/mol. The molecule has 6 rings (SSSR count). The van der Waals surface area contributed by atoms with Crippen LogP contribution < -0.4 is 0 Å². The second kappa shape index (κ2) is 35.2. The highest BCUT2D eigenvalue weighted by Gasteiger charge is 2.06. The largest absolute Gasteiger partial charge is 0.207 e. The van der Waals surface area contributed by atoms with Crippen LogP contribution in [0.5, 0.6) is 0 Å². The van der Waals surface area contributed by atoms with Gasteiger partial charge in [-0.05, 0) is 164 Å². The molecule has 0 nitrogen and oxygen atoms in total. The van der Waals surface area contributed by atoms with E-state index in [0.717, 1.165) is 11.1 Å². The van der Waals surface area contributed by atoms with Gasteiger partial charge in [0.15, 0.2) is 11.6 Å². The van der Waals surface area contributed by atoms with Crippen molar-refractivity contribution in [2.45, 2.75) is 135 Å². The van der Waals surface area contributed by atoms with E-state index in [-0.39, 0.29) is 74.7 Å². The van der Waals surface area contributed by atoms with E-state index in [1.807, 2.05) is 26.0 Å². The van der Waals surface area contributed by atoms with E-state index in [1.54, 1.807) is 52.0 Å². The van der Waals surface area contributed by atoms with Crippen LogP contribution in [-0.4, -0.2) is 0 Å². The SMILES string of the molecule is C.C.C.C.C.C.C.Cc1cc(F)c(C)c(F)c1.Cc1cc(F)c(C)c(F)c1.Cc1ccc(C)c(F)c1.Cc1ccc(C)c(F)c1.Cc1ccc(C)c(F)c1F.Cc1ccc(C)cc1. The lowest BCUT2D eigenvalue weighted by Gasteiger charge is -1.99. The van der Waals surface area contributed by atoms with Crippen LogP contribution in [0.1, 0.15) is 119 Å². The van der Waals surface area contributed by atoms with Gasteiger partial charge in [0, 0.05) is 11.1 Å². The molecule has 0 fully saturated rings. The Morgan fingerprint density at radius 3 is 0.619 bits per heavy atom. The van der Waals surface area contributed by atoms with Gasteiger partial charge in [-0.15, -0.1) is 0 Å².